The minimum absolute atomic E-state index is 0.0319. The molecule has 0 rings (SSSR count). The Morgan fingerprint density at radius 1 is 0.381 bits per heavy atom. The van der Waals surface area contributed by atoms with E-state index in [4.69, 9.17) is 18.5 Å². The molecule has 0 fully saturated rings. The normalized spacial score (nSPS) is 13.5. The fourth-order valence-corrected chi connectivity index (χ4v) is 11.1. The lowest BCUT2D eigenvalue weighted by atomic mass is 10.0. The van der Waals surface area contributed by atoms with E-state index in [1.54, 1.807) is 0 Å². The molecule has 0 amide bonds. The van der Waals surface area contributed by atoms with E-state index in [9.17, 15) is 19.0 Å². The van der Waals surface area contributed by atoms with Crippen LogP contribution in [0, 0.1) is 0 Å². The number of nitrogens with zero attached hydrogens (tertiary/aromatic N) is 1. The molecule has 0 heterocycles. The highest BCUT2D eigenvalue weighted by atomic mass is 31.2. The van der Waals surface area contributed by atoms with Crippen LogP contribution < -0.4 is 0 Å². The Kier molecular flexibility index (Phi) is 62.9. The number of phosphoric acid groups is 1. The zero-order valence-electron chi connectivity index (χ0n) is 55.9. The summed E-state index contributed by atoms with van der Waals surface area (Å²) < 4.78 is 34.8. The summed E-state index contributed by atoms with van der Waals surface area (Å²) in [7, 11) is 1.49. The molecule has 0 radical (unpaired) electrons. The minimum Gasteiger partial charge on any atom is -0.462 e. The quantitative estimate of drug-likeness (QED) is 0.0211. The molecule has 1 N–H and O–H groups in total. The molecule has 2 unspecified atom stereocenters. The third-order valence-corrected chi connectivity index (χ3v) is 16.7. The first-order chi connectivity index (χ1) is 41.0. The van der Waals surface area contributed by atoms with Gasteiger partial charge in [0.15, 0.2) is 6.10 Å². The topological polar surface area (TPSA) is 108 Å². The fourth-order valence-electron chi connectivity index (χ4n) is 10.3. The number of quaternary nitrogens is 1. The molecule has 0 aromatic heterocycles. The Morgan fingerprint density at radius 2 is 0.679 bits per heavy atom. The molecule has 0 aliphatic rings. The van der Waals surface area contributed by atoms with Crippen LogP contribution in [-0.4, -0.2) is 74.9 Å². The third kappa shape index (κ3) is 68.6. The summed E-state index contributed by atoms with van der Waals surface area (Å²) >= 11 is 0. The number of phosphoric ester groups is 1. The molecule has 9 nitrogen and oxygen atoms in total. The number of carbonyl (C=O) groups excluding carboxylic acids is 2. The van der Waals surface area contributed by atoms with Crippen molar-refractivity contribution < 1.29 is 42.1 Å². The Morgan fingerprint density at radius 3 is 1.01 bits per heavy atom. The van der Waals surface area contributed by atoms with E-state index >= 15 is 0 Å². The largest absolute Gasteiger partial charge is 0.472 e. The summed E-state index contributed by atoms with van der Waals surface area (Å²) in [6.45, 7) is 4.37. The Bertz CT molecular complexity index is 1650. The predicted molar refractivity (Wildman–Crippen MR) is 363 cm³/mol. The van der Waals surface area contributed by atoms with E-state index in [0.29, 0.717) is 23.9 Å². The second-order valence-corrected chi connectivity index (χ2v) is 26.7. The van der Waals surface area contributed by atoms with Crippen molar-refractivity contribution in [2.45, 2.75) is 341 Å². The van der Waals surface area contributed by atoms with E-state index in [1.807, 2.05) is 21.1 Å². The lowest BCUT2D eigenvalue weighted by molar-refractivity contribution is -0.870. The highest BCUT2D eigenvalue weighted by Crippen LogP contribution is 2.43. The van der Waals surface area contributed by atoms with Crippen molar-refractivity contribution >= 4 is 19.8 Å². The molecule has 490 valence electrons. The monoisotopic (exact) mass is 1200 g/mol. The number of esters is 2. The highest BCUT2D eigenvalue weighted by molar-refractivity contribution is 7.47. The van der Waals surface area contributed by atoms with Crippen molar-refractivity contribution in [3.63, 3.8) is 0 Å². The van der Waals surface area contributed by atoms with Crippen molar-refractivity contribution in [2.75, 3.05) is 47.5 Å². The summed E-state index contributed by atoms with van der Waals surface area (Å²) in [6.07, 6.45) is 87.2. The first-order valence-electron chi connectivity index (χ1n) is 35.7. The molecule has 0 saturated carbocycles. The van der Waals surface area contributed by atoms with Gasteiger partial charge < -0.3 is 18.9 Å². The molecule has 0 aliphatic carbocycles. The summed E-state index contributed by atoms with van der Waals surface area (Å²) in [4.78, 5) is 35.9. The minimum atomic E-state index is -4.39. The maximum atomic E-state index is 12.9. The van der Waals surface area contributed by atoms with Crippen molar-refractivity contribution in [3.05, 3.63) is 72.9 Å². The van der Waals surface area contributed by atoms with E-state index in [-0.39, 0.29) is 25.6 Å². The smallest absolute Gasteiger partial charge is 0.462 e. The molecule has 10 heteroatoms. The van der Waals surface area contributed by atoms with Crippen LogP contribution in [0.4, 0.5) is 0 Å². The first kappa shape index (κ1) is 81.5. The van der Waals surface area contributed by atoms with Gasteiger partial charge in [-0.2, -0.15) is 0 Å². The predicted octanol–water partition coefficient (Wildman–Crippen LogP) is 23.2. The third-order valence-electron chi connectivity index (χ3n) is 15.8. The van der Waals surface area contributed by atoms with Crippen molar-refractivity contribution in [1.29, 1.82) is 0 Å². The lowest BCUT2D eigenvalue weighted by Crippen LogP contribution is -2.37. The van der Waals surface area contributed by atoms with Gasteiger partial charge in [-0.25, -0.2) is 4.57 Å². The molecule has 0 aromatic rings. The van der Waals surface area contributed by atoms with Crippen LogP contribution >= 0.6 is 7.82 Å². The van der Waals surface area contributed by atoms with E-state index in [0.717, 1.165) is 77.0 Å². The van der Waals surface area contributed by atoms with Gasteiger partial charge in [-0.3, -0.25) is 18.6 Å². The average molecular weight is 1200 g/mol. The maximum Gasteiger partial charge on any atom is 0.472 e. The van der Waals surface area contributed by atoms with Gasteiger partial charge in [0, 0.05) is 12.8 Å². The fraction of sp³-hybridized carbons (Fsp3) is 0.811. The van der Waals surface area contributed by atoms with Crippen LogP contribution in [0.1, 0.15) is 335 Å². The molecular weight excluding hydrogens is 1060 g/mol. The molecule has 0 saturated heterocycles. The SMILES string of the molecule is CC/C=C\C/C=C\C/C=C\C/C=C\C/C=C\C/C=C\CCCCCCCCCCCCCCCCC(=O)OC(COC(=O)CCCCCCCCCCCCCCCCCCCCCCCCCCCCC)COP(=O)(O)OCC[N+](C)(C)C. The van der Waals surface area contributed by atoms with Crippen molar-refractivity contribution in [3.8, 4) is 0 Å². The lowest BCUT2D eigenvalue weighted by Gasteiger charge is -2.24. The van der Waals surface area contributed by atoms with Gasteiger partial charge in [-0.05, 0) is 64.2 Å². The number of ether oxygens (including phenoxy) is 2. The molecule has 2 atom stereocenters. The van der Waals surface area contributed by atoms with Gasteiger partial charge in [0.1, 0.15) is 19.8 Å². The summed E-state index contributed by atoms with van der Waals surface area (Å²) in [6, 6.07) is 0. The van der Waals surface area contributed by atoms with Gasteiger partial charge >= 0.3 is 19.8 Å². The average Bonchev–Trinajstić information content (AvgIpc) is 3.61. The summed E-state index contributed by atoms with van der Waals surface area (Å²) in [5.41, 5.74) is 0. The molecular formula is C74H137NO8P+. The van der Waals surface area contributed by atoms with E-state index < -0.39 is 26.5 Å². The molecule has 84 heavy (non-hydrogen) atoms. The number of rotatable bonds is 66. The second-order valence-electron chi connectivity index (χ2n) is 25.3. The molecule has 0 aliphatic heterocycles. The maximum absolute atomic E-state index is 12.9. The van der Waals surface area contributed by atoms with Crippen LogP contribution in [0.5, 0.6) is 0 Å². The van der Waals surface area contributed by atoms with Crippen LogP contribution in [0.2, 0.25) is 0 Å². The van der Waals surface area contributed by atoms with E-state index in [2.05, 4.69) is 86.8 Å². The van der Waals surface area contributed by atoms with Crippen LogP contribution in [-0.2, 0) is 32.7 Å². The molecule has 0 spiro atoms. The van der Waals surface area contributed by atoms with Crippen LogP contribution in [0.3, 0.4) is 0 Å². The number of carbonyl (C=O) groups is 2. The van der Waals surface area contributed by atoms with Crippen LogP contribution in [0.25, 0.3) is 0 Å². The Balaban J connectivity index is 4.02. The number of hydrogen-bond acceptors (Lipinski definition) is 7. The zero-order chi connectivity index (χ0) is 61.2. The van der Waals surface area contributed by atoms with E-state index in [1.165, 1.54) is 225 Å². The standard InChI is InChI=1S/C74H136NO8P/c1-6-8-10-12-14-16-18-20-22-24-26-28-30-32-34-35-36-37-38-39-41-43-45-47-49-51-53-55-57-59-61-63-65-67-74(77)83-72(71-82-84(78,79)81-69-68-75(3,4)5)70-80-73(76)66-64-62-60-58-56-54-52-50-48-46-44-42-40-33-31-29-27-25-23-21-19-17-15-13-11-9-7-2/h8,10,14,16,20,22,26,28,32,34,36-37,72H,6-7,9,11-13,15,17-19,21,23-25,27,29-31,33,35,38-71H2,1-5H3/p+1/b10-8-,16-14-,22-20-,28-26-,34-32-,37-36-. The molecule has 0 bridgehead atoms. The van der Waals surface area contributed by atoms with Gasteiger partial charge in [0.05, 0.1) is 27.7 Å². The summed E-state index contributed by atoms with van der Waals surface area (Å²) in [5, 5.41) is 0. The van der Waals surface area contributed by atoms with Crippen molar-refractivity contribution in [2.24, 2.45) is 0 Å². The first-order valence-corrected chi connectivity index (χ1v) is 37.2. The van der Waals surface area contributed by atoms with Gasteiger partial charge in [0.25, 0.3) is 0 Å². The number of unbranched alkanes of at least 4 members (excludes halogenated alkanes) is 40. The number of hydrogen-bond donors (Lipinski definition) is 1. The molecule has 0 aromatic carbocycles. The Hall–Kier alpha value is -2.55. The van der Waals surface area contributed by atoms with Gasteiger partial charge in [-0.1, -0.05) is 331 Å². The zero-order valence-corrected chi connectivity index (χ0v) is 56.8. The number of likely N-dealkylation sites (N-methyl/N-ethyl adjacent to an activating group) is 1. The van der Waals surface area contributed by atoms with Gasteiger partial charge in [-0.15, -0.1) is 0 Å². The van der Waals surface area contributed by atoms with Crippen LogP contribution in [0.15, 0.2) is 72.9 Å². The van der Waals surface area contributed by atoms with Gasteiger partial charge in [0.2, 0.25) is 0 Å². The van der Waals surface area contributed by atoms with Crippen molar-refractivity contribution in [1.82, 2.24) is 0 Å². The second kappa shape index (κ2) is 64.9. The summed E-state index contributed by atoms with van der Waals surface area (Å²) in [5.74, 6) is -0.782. The number of allylic oxidation sites excluding steroid dienone is 12. The highest BCUT2D eigenvalue weighted by Gasteiger charge is 2.27. The Labute approximate surface area is 520 Å².